The van der Waals surface area contributed by atoms with Crippen LogP contribution in [0.5, 0.6) is 0 Å². The average molecular weight is 341 g/mol. The van der Waals surface area contributed by atoms with E-state index in [4.69, 9.17) is 0 Å². The van der Waals surface area contributed by atoms with Crippen LogP contribution in [0.25, 0.3) is 0 Å². The van der Waals surface area contributed by atoms with E-state index in [-0.39, 0.29) is 0 Å². The van der Waals surface area contributed by atoms with Gasteiger partial charge in [-0.1, -0.05) is 6.92 Å². The van der Waals surface area contributed by atoms with E-state index in [1.54, 1.807) is 0 Å². The molecule has 134 valence electrons. The Morgan fingerprint density at radius 2 is 2.32 bits per heavy atom. The Hall–Kier alpha value is -2.44. The Labute approximate surface area is 149 Å². The minimum atomic E-state index is 0.327. The molecule has 2 aromatic heterocycles. The number of nitrogens with one attached hydrogen (secondary N) is 2. The lowest BCUT2D eigenvalue weighted by Gasteiger charge is -2.25. The SMILES string of the molecule is CCc1nc2n(n1)CC(NC(=NC)NCCc1ccncc1C)CC2. The molecule has 1 aliphatic heterocycles. The first-order chi connectivity index (χ1) is 12.2. The van der Waals surface area contributed by atoms with Crippen molar-refractivity contribution in [3.05, 3.63) is 41.2 Å². The normalized spacial score (nSPS) is 17.2. The van der Waals surface area contributed by atoms with E-state index in [1.807, 2.05) is 24.1 Å². The molecule has 0 aromatic carbocycles. The fraction of sp³-hybridized carbons (Fsp3) is 0.556. The minimum absolute atomic E-state index is 0.327. The van der Waals surface area contributed by atoms with Crippen LogP contribution in [0.4, 0.5) is 0 Å². The monoisotopic (exact) mass is 341 g/mol. The Bertz CT molecular complexity index is 735. The molecule has 7 nitrogen and oxygen atoms in total. The van der Waals surface area contributed by atoms with Crippen LogP contribution in [0.1, 0.15) is 36.1 Å². The van der Waals surface area contributed by atoms with E-state index >= 15 is 0 Å². The predicted molar refractivity (Wildman–Crippen MR) is 98.7 cm³/mol. The summed E-state index contributed by atoms with van der Waals surface area (Å²) in [4.78, 5) is 13.1. The van der Waals surface area contributed by atoms with Gasteiger partial charge in [0.05, 0.1) is 6.54 Å². The zero-order chi connectivity index (χ0) is 17.6. The molecule has 2 aromatic rings. The van der Waals surface area contributed by atoms with E-state index in [0.29, 0.717) is 6.04 Å². The summed E-state index contributed by atoms with van der Waals surface area (Å²) >= 11 is 0. The standard InChI is InChI=1S/C18H27N7/c1-4-16-23-17-6-5-15(12-25(17)24-16)22-18(19-3)21-10-8-14-7-9-20-11-13(14)2/h7,9,11,15H,4-6,8,10,12H2,1-3H3,(H2,19,21,22). The van der Waals surface area contributed by atoms with Gasteiger partial charge in [-0.25, -0.2) is 9.67 Å². The van der Waals surface area contributed by atoms with Crippen LogP contribution in [-0.4, -0.2) is 45.3 Å². The lowest BCUT2D eigenvalue weighted by Crippen LogP contribution is -2.47. The van der Waals surface area contributed by atoms with Gasteiger partial charge in [-0.05, 0) is 37.0 Å². The van der Waals surface area contributed by atoms with Crippen molar-refractivity contribution in [2.24, 2.45) is 4.99 Å². The van der Waals surface area contributed by atoms with Gasteiger partial charge in [-0.2, -0.15) is 5.10 Å². The predicted octanol–water partition coefficient (Wildman–Crippen LogP) is 1.27. The summed E-state index contributed by atoms with van der Waals surface area (Å²) in [6.07, 6.45) is 7.59. The van der Waals surface area contributed by atoms with Crippen molar-refractivity contribution in [2.75, 3.05) is 13.6 Å². The molecule has 0 fully saturated rings. The fourth-order valence-electron chi connectivity index (χ4n) is 3.11. The van der Waals surface area contributed by atoms with Crippen LogP contribution < -0.4 is 10.6 Å². The number of aliphatic imine (C=N–C) groups is 1. The van der Waals surface area contributed by atoms with Gasteiger partial charge >= 0.3 is 0 Å². The van der Waals surface area contributed by atoms with Crippen LogP contribution in [-0.2, 0) is 25.8 Å². The molecule has 1 aliphatic rings. The lowest BCUT2D eigenvalue weighted by molar-refractivity contribution is 0.392. The number of guanidine groups is 1. The molecule has 0 aliphatic carbocycles. The molecule has 3 heterocycles. The third-order valence-electron chi connectivity index (χ3n) is 4.61. The minimum Gasteiger partial charge on any atom is -0.356 e. The zero-order valence-electron chi connectivity index (χ0n) is 15.3. The Balaban J connectivity index is 1.50. The maximum atomic E-state index is 4.57. The molecule has 25 heavy (non-hydrogen) atoms. The summed E-state index contributed by atoms with van der Waals surface area (Å²) in [6.45, 7) is 5.86. The van der Waals surface area contributed by atoms with Crippen LogP contribution in [0, 0.1) is 6.92 Å². The van der Waals surface area contributed by atoms with E-state index in [1.165, 1.54) is 11.1 Å². The van der Waals surface area contributed by atoms with E-state index in [2.05, 4.69) is 50.6 Å². The third kappa shape index (κ3) is 4.35. The van der Waals surface area contributed by atoms with Crippen molar-refractivity contribution in [1.82, 2.24) is 30.4 Å². The molecule has 2 N–H and O–H groups in total. The molecule has 1 unspecified atom stereocenters. The van der Waals surface area contributed by atoms with Gasteiger partial charge in [-0.15, -0.1) is 0 Å². The highest BCUT2D eigenvalue weighted by atomic mass is 15.4. The highest BCUT2D eigenvalue weighted by molar-refractivity contribution is 5.79. The highest BCUT2D eigenvalue weighted by Gasteiger charge is 2.21. The second kappa shape index (κ2) is 8.09. The van der Waals surface area contributed by atoms with E-state index in [0.717, 1.165) is 56.4 Å². The number of rotatable bonds is 5. The van der Waals surface area contributed by atoms with Gasteiger partial charge < -0.3 is 10.6 Å². The largest absolute Gasteiger partial charge is 0.356 e. The van der Waals surface area contributed by atoms with Crippen LogP contribution in [0.15, 0.2) is 23.5 Å². The number of nitrogens with zero attached hydrogens (tertiary/aromatic N) is 5. The second-order valence-corrected chi connectivity index (χ2v) is 6.41. The quantitative estimate of drug-likeness (QED) is 0.632. The first-order valence-corrected chi connectivity index (χ1v) is 8.99. The van der Waals surface area contributed by atoms with Crippen molar-refractivity contribution in [3.63, 3.8) is 0 Å². The van der Waals surface area contributed by atoms with Crippen molar-refractivity contribution in [2.45, 2.75) is 52.1 Å². The molecule has 0 bridgehead atoms. The first kappa shape index (κ1) is 17.4. The molecule has 0 saturated carbocycles. The number of hydrogen-bond acceptors (Lipinski definition) is 4. The van der Waals surface area contributed by atoms with Gasteiger partial charge in [0, 0.05) is 44.9 Å². The van der Waals surface area contributed by atoms with E-state index < -0.39 is 0 Å². The second-order valence-electron chi connectivity index (χ2n) is 6.41. The summed E-state index contributed by atoms with van der Waals surface area (Å²) in [7, 11) is 1.81. The highest BCUT2D eigenvalue weighted by Crippen LogP contribution is 2.13. The van der Waals surface area contributed by atoms with Gasteiger partial charge in [-0.3, -0.25) is 9.98 Å². The number of pyridine rings is 1. The van der Waals surface area contributed by atoms with Crippen LogP contribution in [0.2, 0.25) is 0 Å². The molecule has 1 atom stereocenters. The molecule has 7 heteroatoms. The van der Waals surface area contributed by atoms with Gasteiger partial charge in [0.1, 0.15) is 5.82 Å². The van der Waals surface area contributed by atoms with Crippen molar-refractivity contribution in [1.29, 1.82) is 0 Å². The van der Waals surface area contributed by atoms with Crippen LogP contribution in [0.3, 0.4) is 0 Å². The van der Waals surface area contributed by atoms with Crippen molar-refractivity contribution < 1.29 is 0 Å². The summed E-state index contributed by atoms with van der Waals surface area (Å²) in [5.41, 5.74) is 2.54. The fourth-order valence-corrected chi connectivity index (χ4v) is 3.11. The Kier molecular flexibility index (Phi) is 5.63. The molecule has 0 amide bonds. The van der Waals surface area contributed by atoms with Gasteiger partial charge in [0.25, 0.3) is 0 Å². The average Bonchev–Trinajstić information content (AvgIpc) is 3.05. The van der Waals surface area contributed by atoms with Crippen molar-refractivity contribution >= 4 is 5.96 Å². The molecule has 0 saturated heterocycles. The third-order valence-corrected chi connectivity index (χ3v) is 4.61. The Morgan fingerprint density at radius 1 is 1.44 bits per heavy atom. The summed E-state index contributed by atoms with van der Waals surface area (Å²) in [6, 6.07) is 2.40. The maximum Gasteiger partial charge on any atom is 0.191 e. The zero-order valence-corrected chi connectivity index (χ0v) is 15.3. The van der Waals surface area contributed by atoms with Crippen molar-refractivity contribution in [3.8, 4) is 0 Å². The molecular formula is C18H27N7. The molecule has 3 rings (SSSR count). The van der Waals surface area contributed by atoms with Gasteiger partial charge in [0.2, 0.25) is 0 Å². The van der Waals surface area contributed by atoms with Crippen LogP contribution >= 0.6 is 0 Å². The number of hydrogen-bond donors (Lipinski definition) is 2. The molecule has 0 spiro atoms. The summed E-state index contributed by atoms with van der Waals surface area (Å²) in [5, 5.41) is 11.5. The Morgan fingerprint density at radius 3 is 3.08 bits per heavy atom. The number of aryl methyl sites for hydroxylation is 3. The molecule has 0 radical (unpaired) electrons. The maximum absolute atomic E-state index is 4.57. The topological polar surface area (TPSA) is 80.0 Å². The van der Waals surface area contributed by atoms with Gasteiger partial charge in [0.15, 0.2) is 11.8 Å². The van der Waals surface area contributed by atoms with E-state index in [9.17, 15) is 0 Å². The number of aromatic nitrogens is 4. The summed E-state index contributed by atoms with van der Waals surface area (Å²) in [5.74, 6) is 2.88. The smallest absolute Gasteiger partial charge is 0.191 e. The number of fused-ring (bicyclic) bond motifs is 1. The lowest BCUT2D eigenvalue weighted by atomic mass is 10.1. The summed E-state index contributed by atoms with van der Waals surface area (Å²) < 4.78 is 2.04. The molecular weight excluding hydrogens is 314 g/mol. The first-order valence-electron chi connectivity index (χ1n) is 8.99.